The summed E-state index contributed by atoms with van der Waals surface area (Å²) < 4.78 is 7.89. The maximum atomic E-state index is 13.5. The maximum absolute atomic E-state index is 13.5. The molecule has 1 atom stereocenters. The predicted octanol–water partition coefficient (Wildman–Crippen LogP) is 8.24. The number of benzene rings is 4. The molecule has 0 saturated carbocycles. The fraction of sp³-hybridized carbons (Fsp3) is 0.308. The lowest BCUT2D eigenvalue weighted by atomic mass is 9.98. The topological polar surface area (TPSA) is 73.2 Å². The highest BCUT2D eigenvalue weighted by molar-refractivity contribution is 7.80. The van der Waals surface area contributed by atoms with Gasteiger partial charge in [0.1, 0.15) is 11.4 Å². The number of hydrogen-bond donors (Lipinski definition) is 2. The van der Waals surface area contributed by atoms with Gasteiger partial charge in [0.05, 0.1) is 16.6 Å². The highest BCUT2D eigenvalue weighted by Crippen LogP contribution is 2.28. The number of carbonyl (C=O) groups is 2. The molecule has 0 aliphatic carbocycles. The number of aryl methyl sites for hydroxylation is 2. The Hall–Kier alpha value is -4.36. The number of nitrogens with one attached hydrogen (secondary N) is 1. The van der Waals surface area contributed by atoms with Crippen molar-refractivity contribution in [2.24, 2.45) is 0 Å². The Kier molecular flexibility index (Phi) is 10.3. The minimum atomic E-state index is -0.576. The molecule has 0 radical (unpaired) electrons. The lowest BCUT2D eigenvalue weighted by Gasteiger charge is -2.20. The number of aromatic nitrogens is 2. The zero-order valence-corrected chi connectivity index (χ0v) is 28.2. The molecule has 1 heterocycles. The minimum Gasteiger partial charge on any atom is -0.456 e. The smallest absolute Gasteiger partial charge is 0.339 e. The molecule has 238 valence electrons. The molecule has 0 aliphatic heterocycles. The Labute approximate surface area is 277 Å². The molecule has 0 spiro atoms. The second-order valence-electron chi connectivity index (χ2n) is 12.8. The highest BCUT2D eigenvalue weighted by atomic mass is 32.1. The number of hydrogen-bond acceptors (Lipinski definition) is 5. The van der Waals surface area contributed by atoms with Crippen molar-refractivity contribution in [3.05, 3.63) is 125 Å². The number of nitrogens with zero attached hydrogens (tertiary/aromatic N) is 2. The number of rotatable bonds is 11. The van der Waals surface area contributed by atoms with Crippen LogP contribution in [0.5, 0.6) is 0 Å². The van der Waals surface area contributed by atoms with Gasteiger partial charge >= 0.3 is 5.97 Å². The fourth-order valence-corrected chi connectivity index (χ4v) is 5.93. The molecule has 5 rings (SSSR count). The molecule has 1 amide bonds. The van der Waals surface area contributed by atoms with Crippen LogP contribution in [0, 0.1) is 6.92 Å². The molecule has 1 aromatic heterocycles. The van der Waals surface area contributed by atoms with Crippen molar-refractivity contribution in [1.29, 1.82) is 0 Å². The van der Waals surface area contributed by atoms with Crippen molar-refractivity contribution in [2.45, 2.75) is 72.1 Å². The van der Waals surface area contributed by atoms with Crippen LogP contribution in [0.25, 0.3) is 22.2 Å². The van der Waals surface area contributed by atoms with Crippen LogP contribution in [0.1, 0.15) is 77.3 Å². The van der Waals surface area contributed by atoms with E-state index >= 15 is 0 Å². The van der Waals surface area contributed by atoms with Gasteiger partial charge in [-0.05, 0) is 86.6 Å². The van der Waals surface area contributed by atoms with Crippen molar-refractivity contribution in [3.63, 3.8) is 0 Å². The molecule has 4 aromatic carbocycles. The number of imidazole rings is 1. The number of esters is 1. The van der Waals surface area contributed by atoms with Gasteiger partial charge in [-0.15, -0.1) is 0 Å². The van der Waals surface area contributed by atoms with E-state index in [1.54, 1.807) is 0 Å². The number of amides is 1. The van der Waals surface area contributed by atoms with Crippen molar-refractivity contribution >= 4 is 35.5 Å². The normalized spacial score (nSPS) is 12.2. The van der Waals surface area contributed by atoms with E-state index in [1.165, 1.54) is 0 Å². The van der Waals surface area contributed by atoms with Gasteiger partial charge in [-0.1, -0.05) is 79.7 Å². The lowest BCUT2D eigenvalue weighted by Crippen LogP contribution is -2.37. The van der Waals surface area contributed by atoms with Crippen LogP contribution in [0.3, 0.4) is 0 Å². The average molecular weight is 634 g/mol. The van der Waals surface area contributed by atoms with E-state index in [0.29, 0.717) is 29.8 Å². The molecule has 0 saturated heterocycles. The average Bonchev–Trinajstić information content (AvgIpc) is 3.38. The van der Waals surface area contributed by atoms with Gasteiger partial charge in [-0.3, -0.25) is 4.79 Å². The molecule has 0 aliphatic rings. The predicted molar refractivity (Wildman–Crippen MR) is 190 cm³/mol. The van der Waals surface area contributed by atoms with Gasteiger partial charge in [-0.25, -0.2) is 9.78 Å². The van der Waals surface area contributed by atoms with E-state index in [9.17, 15) is 9.59 Å². The van der Waals surface area contributed by atoms with Gasteiger partial charge in [-0.2, -0.15) is 12.6 Å². The molecule has 46 heavy (non-hydrogen) atoms. The van der Waals surface area contributed by atoms with E-state index in [0.717, 1.165) is 57.5 Å². The first kappa shape index (κ1) is 33.0. The van der Waals surface area contributed by atoms with Gasteiger partial charge in [0.25, 0.3) is 5.91 Å². The van der Waals surface area contributed by atoms with Crippen molar-refractivity contribution in [1.82, 2.24) is 14.9 Å². The fourth-order valence-electron chi connectivity index (χ4n) is 5.71. The Morgan fingerprint density at radius 2 is 1.63 bits per heavy atom. The quantitative estimate of drug-likeness (QED) is 0.114. The first-order valence-corrected chi connectivity index (χ1v) is 16.6. The molecule has 1 N–H and O–H groups in total. The molecule has 6 nitrogen and oxygen atoms in total. The first-order chi connectivity index (χ1) is 22.1. The van der Waals surface area contributed by atoms with Crippen LogP contribution in [0.2, 0.25) is 0 Å². The molecule has 5 aromatic rings. The van der Waals surface area contributed by atoms with E-state index < -0.39 is 5.60 Å². The van der Waals surface area contributed by atoms with Crippen LogP contribution in [-0.2, 0) is 24.1 Å². The zero-order chi connectivity index (χ0) is 32.8. The number of ether oxygens (including phenoxy) is 1. The van der Waals surface area contributed by atoms with E-state index in [-0.39, 0.29) is 17.9 Å². The molecule has 0 fully saturated rings. The van der Waals surface area contributed by atoms with Gasteiger partial charge < -0.3 is 14.6 Å². The van der Waals surface area contributed by atoms with E-state index in [4.69, 9.17) is 9.72 Å². The molecule has 0 bridgehead atoms. The largest absolute Gasteiger partial charge is 0.456 e. The van der Waals surface area contributed by atoms with E-state index in [2.05, 4.69) is 53.7 Å². The highest BCUT2D eigenvalue weighted by Gasteiger charge is 2.21. The summed E-state index contributed by atoms with van der Waals surface area (Å²) in [5, 5.41) is 3.19. The lowest BCUT2D eigenvalue weighted by molar-refractivity contribution is 0.00703. The SMILES string of the molecule is CCCc1nc2c(C)cc(C(=O)N[C@@H](CS)Cc3ccccc3)cc2n1Cc1ccc(-c2ccccc2C(=O)OC(C)(C)C)cc1. The van der Waals surface area contributed by atoms with Crippen molar-refractivity contribution in [2.75, 3.05) is 5.75 Å². The summed E-state index contributed by atoms with van der Waals surface area (Å²) in [6.07, 6.45) is 2.50. The van der Waals surface area contributed by atoms with Crippen molar-refractivity contribution < 1.29 is 14.3 Å². The number of carbonyl (C=O) groups excluding carboxylic acids is 2. The number of fused-ring (bicyclic) bond motifs is 1. The van der Waals surface area contributed by atoms with Crippen LogP contribution in [-0.4, -0.2) is 38.8 Å². The standard InChI is InChI=1S/C39H43N3O3S/c1-6-12-35-41-36-26(2)21-30(37(43)40-31(25-46)22-27-13-8-7-9-14-27)23-34(36)42(35)24-28-17-19-29(20-18-28)32-15-10-11-16-33(32)38(44)45-39(3,4)5/h7-11,13-21,23,31,46H,6,12,22,24-25H2,1-5H3,(H,40,43)/t31-/m1/s1. The molecular weight excluding hydrogens is 591 g/mol. The summed E-state index contributed by atoms with van der Waals surface area (Å²) in [6.45, 7) is 10.4. The van der Waals surface area contributed by atoms with Gasteiger partial charge in [0, 0.05) is 30.3 Å². The second-order valence-corrected chi connectivity index (χ2v) is 13.2. The summed E-state index contributed by atoms with van der Waals surface area (Å²) in [4.78, 5) is 31.5. The summed E-state index contributed by atoms with van der Waals surface area (Å²) >= 11 is 4.52. The maximum Gasteiger partial charge on any atom is 0.339 e. The summed E-state index contributed by atoms with van der Waals surface area (Å²) in [5.74, 6) is 1.09. The Morgan fingerprint density at radius 1 is 0.935 bits per heavy atom. The molecular formula is C39H43N3O3S. The van der Waals surface area contributed by atoms with E-state index in [1.807, 2.05) is 94.4 Å². The minimum absolute atomic E-state index is 0.0891. The first-order valence-electron chi connectivity index (χ1n) is 15.9. The zero-order valence-electron chi connectivity index (χ0n) is 27.3. The third kappa shape index (κ3) is 7.88. The second kappa shape index (κ2) is 14.4. The molecule has 7 heteroatoms. The van der Waals surface area contributed by atoms with Crippen LogP contribution < -0.4 is 5.32 Å². The Balaban J connectivity index is 1.42. The van der Waals surface area contributed by atoms with Crippen LogP contribution in [0.4, 0.5) is 0 Å². The molecule has 0 unspecified atom stereocenters. The number of thiol groups is 1. The third-order valence-corrected chi connectivity index (χ3v) is 8.33. The summed E-state index contributed by atoms with van der Waals surface area (Å²) in [5.41, 5.74) is 7.45. The Bertz CT molecular complexity index is 1820. The third-order valence-electron chi connectivity index (χ3n) is 7.89. The van der Waals surface area contributed by atoms with Gasteiger partial charge in [0.2, 0.25) is 0 Å². The van der Waals surface area contributed by atoms with Gasteiger partial charge in [0.15, 0.2) is 0 Å². The summed E-state index contributed by atoms with van der Waals surface area (Å²) in [7, 11) is 0. The van der Waals surface area contributed by atoms with Crippen LogP contribution >= 0.6 is 12.6 Å². The van der Waals surface area contributed by atoms with Crippen molar-refractivity contribution in [3.8, 4) is 11.1 Å². The monoisotopic (exact) mass is 633 g/mol. The summed E-state index contributed by atoms with van der Waals surface area (Å²) in [6, 6.07) is 29.8. The van der Waals surface area contributed by atoms with Crippen LogP contribution in [0.15, 0.2) is 91.0 Å². The Morgan fingerprint density at radius 3 is 2.30 bits per heavy atom.